The van der Waals surface area contributed by atoms with Gasteiger partial charge in [-0.15, -0.1) is 24.0 Å². The molecule has 0 bridgehead atoms. The largest absolute Gasteiger partial charge is 0.382 e. The van der Waals surface area contributed by atoms with E-state index in [-0.39, 0.29) is 29.9 Å². The number of amides is 1. The minimum atomic E-state index is 0. The summed E-state index contributed by atoms with van der Waals surface area (Å²) >= 11 is 0. The predicted octanol–water partition coefficient (Wildman–Crippen LogP) is 2.52. The van der Waals surface area contributed by atoms with E-state index in [4.69, 9.17) is 9.73 Å². The highest BCUT2D eigenvalue weighted by molar-refractivity contribution is 14.0. The molecule has 0 unspecified atom stereocenters. The minimum absolute atomic E-state index is 0. The number of likely N-dealkylation sites (tertiary alicyclic amines) is 1. The quantitative estimate of drug-likeness (QED) is 0.237. The van der Waals surface area contributed by atoms with Gasteiger partial charge in [0.25, 0.3) is 0 Å². The summed E-state index contributed by atoms with van der Waals surface area (Å²) in [5.74, 6) is 1.11. The van der Waals surface area contributed by atoms with Gasteiger partial charge in [-0.2, -0.15) is 0 Å². The van der Waals surface area contributed by atoms with Crippen molar-refractivity contribution < 1.29 is 9.53 Å². The van der Waals surface area contributed by atoms with Crippen LogP contribution in [0.25, 0.3) is 0 Å². The van der Waals surface area contributed by atoms with Crippen LogP contribution in [0.4, 0.5) is 0 Å². The number of ether oxygens (including phenoxy) is 1. The van der Waals surface area contributed by atoms with Crippen LogP contribution in [-0.4, -0.2) is 62.2 Å². The first-order chi connectivity index (χ1) is 11.8. The van der Waals surface area contributed by atoms with Gasteiger partial charge in [0.15, 0.2) is 5.96 Å². The van der Waals surface area contributed by atoms with Gasteiger partial charge in [0.2, 0.25) is 5.91 Å². The predicted molar refractivity (Wildman–Crippen MR) is 113 cm³/mol. The highest BCUT2D eigenvalue weighted by Gasteiger charge is 2.18. The molecule has 1 aliphatic carbocycles. The lowest BCUT2D eigenvalue weighted by molar-refractivity contribution is -0.121. The first-order valence-corrected chi connectivity index (χ1v) is 9.70. The zero-order valence-corrected chi connectivity index (χ0v) is 17.9. The Morgan fingerprint density at radius 1 is 1.20 bits per heavy atom. The smallest absolute Gasteiger partial charge is 0.221 e. The van der Waals surface area contributed by atoms with Crippen molar-refractivity contribution in [3.8, 4) is 0 Å². The van der Waals surface area contributed by atoms with Gasteiger partial charge in [-0.25, -0.2) is 0 Å². The van der Waals surface area contributed by atoms with E-state index >= 15 is 0 Å². The molecular formula is C18H35IN4O2. The Hall–Kier alpha value is -0.570. The number of guanidine groups is 1. The number of nitrogens with one attached hydrogen (secondary N) is 2. The lowest BCUT2D eigenvalue weighted by Gasteiger charge is -2.21. The second-order valence-electron chi connectivity index (χ2n) is 6.68. The first kappa shape index (κ1) is 22.5. The van der Waals surface area contributed by atoms with Crippen molar-refractivity contribution in [3.63, 3.8) is 0 Å². The fourth-order valence-corrected chi connectivity index (χ4v) is 3.35. The molecule has 1 saturated carbocycles. The molecular weight excluding hydrogens is 431 g/mol. The van der Waals surface area contributed by atoms with E-state index in [0.29, 0.717) is 19.0 Å². The number of hydrogen-bond acceptors (Lipinski definition) is 3. The standard InChI is InChI=1S/C18H34N4O2.HI/c1-2-24-15-7-11-19-18(22-13-5-6-14-22)20-12-10-17(23)21-16-8-3-4-9-16;/h16H,2-15H2,1H3,(H,19,20)(H,21,23);1H. The maximum Gasteiger partial charge on any atom is 0.221 e. The molecule has 6 nitrogen and oxygen atoms in total. The Labute approximate surface area is 169 Å². The summed E-state index contributed by atoms with van der Waals surface area (Å²) in [7, 11) is 0. The van der Waals surface area contributed by atoms with Crippen LogP contribution in [0.2, 0.25) is 0 Å². The fourth-order valence-electron chi connectivity index (χ4n) is 3.35. The van der Waals surface area contributed by atoms with E-state index in [0.717, 1.165) is 58.1 Å². The third-order valence-corrected chi connectivity index (χ3v) is 4.67. The number of halogens is 1. The summed E-state index contributed by atoms with van der Waals surface area (Å²) in [6.07, 6.45) is 8.67. The van der Waals surface area contributed by atoms with Crippen LogP contribution < -0.4 is 10.6 Å². The third kappa shape index (κ3) is 9.08. The highest BCUT2D eigenvalue weighted by atomic mass is 127. The number of aliphatic imine (C=N–C) groups is 1. The Balaban J connectivity index is 0.00000312. The summed E-state index contributed by atoms with van der Waals surface area (Å²) in [5.41, 5.74) is 0. The van der Waals surface area contributed by atoms with Crippen molar-refractivity contribution in [2.75, 3.05) is 39.4 Å². The summed E-state index contributed by atoms with van der Waals surface area (Å²) < 4.78 is 5.36. The van der Waals surface area contributed by atoms with Gasteiger partial charge in [0.1, 0.15) is 0 Å². The molecule has 0 aromatic carbocycles. The molecule has 2 fully saturated rings. The second kappa shape index (κ2) is 13.6. The Bertz CT molecular complexity index is 395. The third-order valence-electron chi connectivity index (χ3n) is 4.67. The molecule has 1 heterocycles. The molecule has 0 aromatic rings. The molecule has 0 radical (unpaired) electrons. The van der Waals surface area contributed by atoms with Gasteiger partial charge in [-0.05, 0) is 39.0 Å². The molecule has 0 aromatic heterocycles. The van der Waals surface area contributed by atoms with Gasteiger partial charge in [-0.1, -0.05) is 12.8 Å². The average Bonchev–Trinajstić information content (AvgIpc) is 3.26. The maximum atomic E-state index is 12.0. The molecule has 25 heavy (non-hydrogen) atoms. The lowest BCUT2D eigenvalue weighted by Crippen LogP contribution is -2.42. The maximum absolute atomic E-state index is 12.0. The van der Waals surface area contributed by atoms with E-state index in [1.54, 1.807) is 0 Å². The molecule has 146 valence electrons. The second-order valence-corrected chi connectivity index (χ2v) is 6.68. The van der Waals surface area contributed by atoms with Crippen LogP contribution in [0, 0.1) is 0 Å². The minimum Gasteiger partial charge on any atom is -0.382 e. The van der Waals surface area contributed by atoms with E-state index < -0.39 is 0 Å². The van der Waals surface area contributed by atoms with Gasteiger partial charge >= 0.3 is 0 Å². The van der Waals surface area contributed by atoms with E-state index in [9.17, 15) is 4.79 Å². The molecule has 2 rings (SSSR count). The molecule has 1 amide bonds. The summed E-state index contributed by atoms with van der Waals surface area (Å²) in [5, 5.41) is 6.52. The Morgan fingerprint density at radius 3 is 2.60 bits per heavy atom. The van der Waals surface area contributed by atoms with Crippen molar-refractivity contribution in [1.29, 1.82) is 0 Å². The van der Waals surface area contributed by atoms with Crippen LogP contribution in [0.15, 0.2) is 4.99 Å². The molecule has 0 spiro atoms. The Kier molecular flexibility index (Phi) is 12.2. The van der Waals surface area contributed by atoms with Crippen molar-refractivity contribution in [1.82, 2.24) is 15.5 Å². The molecule has 2 aliphatic rings. The van der Waals surface area contributed by atoms with Gasteiger partial charge in [0.05, 0.1) is 0 Å². The van der Waals surface area contributed by atoms with Crippen molar-refractivity contribution in [2.45, 2.75) is 64.3 Å². The van der Waals surface area contributed by atoms with Gasteiger partial charge < -0.3 is 20.3 Å². The zero-order valence-electron chi connectivity index (χ0n) is 15.6. The lowest BCUT2D eigenvalue weighted by atomic mass is 10.2. The summed E-state index contributed by atoms with van der Waals surface area (Å²) in [6.45, 7) is 7.08. The Morgan fingerprint density at radius 2 is 1.92 bits per heavy atom. The SMILES string of the molecule is CCOCCCN=C(NCCC(=O)NC1CCCC1)N1CCCC1.I. The van der Waals surface area contributed by atoms with Gasteiger partial charge in [-0.3, -0.25) is 9.79 Å². The monoisotopic (exact) mass is 466 g/mol. The van der Waals surface area contributed by atoms with E-state index in [2.05, 4.69) is 15.5 Å². The number of carbonyl (C=O) groups is 1. The first-order valence-electron chi connectivity index (χ1n) is 9.70. The van der Waals surface area contributed by atoms with Gasteiger partial charge in [0, 0.05) is 51.9 Å². The fraction of sp³-hybridized carbons (Fsp3) is 0.889. The molecule has 1 aliphatic heterocycles. The number of rotatable bonds is 9. The van der Waals surface area contributed by atoms with Crippen LogP contribution in [0.1, 0.15) is 58.3 Å². The summed E-state index contributed by atoms with van der Waals surface area (Å²) in [4.78, 5) is 19.0. The average molecular weight is 466 g/mol. The van der Waals surface area contributed by atoms with E-state index in [1.165, 1.54) is 25.7 Å². The molecule has 7 heteroatoms. The van der Waals surface area contributed by atoms with Crippen molar-refractivity contribution >= 4 is 35.8 Å². The van der Waals surface area contributed by atoms with Crippen LogP contribution in [0.5, 0.6) is 0 Å². The molecule has 2 N–H and O–H groups in total. The number of hydrogen-bond donors (Lipinski definition) is 2. The highest BCUT2D eigenvalue weighted by Crippen LogP contribution is 2.17. The van der Waals surface area contributed by atoms with Crippen molar-refractivity contribution in [2.24, 2.45) is 4.99 Å². The van der Waals surface area contributed by atoms with Crippen molar-refractivity contribution in [3.05, 3.63) is 0 Å². The topological polar surface area (TPSA) is 66.0 Å². The summed E-state index contributed by atoms with van der Waals surface area (Å²) in [6, 6.07) is 0.405. The normalized spacial score (nSPS) is 18.3. The van der Waals surface area contributed by atoms with E-state index in [1.807, 2.05) is 6.92 Å². The number of carbonyl (C=O) groups excluding carboxylic acids is 1. The molecule has 0 atom stereocenters. The zero-order chi connectivity index (χ0) is 17.0. The van der Waals surface area contributed by atoms with Crippen LogP contribution in [0.3, 0.4) is 0 Å². The van der Waals surface area contributed by atoms with Crippen LogP contribution >= 0.6 is 24.0 Å². The van der Waals surface area contributed by atoms with Crippen LogP contribution in [-0.2, 0) is 9.53 Å². The molecule has 1 saturated heterocycles. The number of nitrogens with zero attached hydrogens (tertiary/aromatic N) is 2.